The van der Waals surface area contributed by atoms with Gasteiger partial charge in [-0.25, -0.2) is 4.79 Å². The van der Waals surface area contributed by atoms with Crippen LogP contribution in [0.15, 0.2) is 77.4 Å². The fourth-order valence-electron chi connectivity index (χ4n) is 3.75. The quantitative estimate of drug-likeness (QED) is 0.263. The molecule has 3 aromatic rings. The van der Waals surface area contributed by atoms with Crippen LogP contribution < -0.4 is 4.90 Å². The van der Waals surface area contributed by atoms with Crippen LogP contribution in [0.4, 0.5) is 5.69 Å². The van der Waals surface area contributed by atoms with Crippen LogP contribution in [0.2, 0.25) is 0 Å². The molecule has 4 rings (SSSR count). The molecule has 2 heterocycles. The number of hydrogen-bond donors (Lipinski definition) is 0. The lowest BCUT2D eigenvalue weighted by Crippen LogP contribution is -2.30. The number of anilines is 1. The fraction of sp³-hybridized carbons (Fsp3) is 0.167. The van der Waals surface area contributed by atoms with E-state index in [1.165, 1.54) is 29.4 Å². The highest BCUT2D eigenvalue weighted by atomic mass is 16.5. The molecule has 1 aliphatic heterocycles. The Morgan fingerprint density at radius 1 is 0.968 bits per heavy atom. The van der Waals surface area contributed by atoms with Crippen molar-refractivity contribution in [1.29, 1.82) is 0 Å². The molecule has 0 radical (unpaired) electrons. The summed E-state index contributed by atoms with van der Waals surface area (Å²) in [7, 11) is 0. The maximum atomic E-state index is 13.1. The van der Waals surface area contributed by atoms with Crippen molar-refractivity contribution < 1.29 is 28.3 Å². The van der Waals surface area contributed by atoms with Crippen molar-refractivity contribution in [3.8, 4) is 0 Å². The minimum absolute atomic E-state index is 0.0200. The Kier molecular flexibility index (Phi) is 5.49. The van der Waals surface area contributed by atoms with E-state index in [9.17, 15) is 19.2 Å². The van der Waals surface area contributed by atoms with Crippen LogP contribution in [0.25, 0.3) is 0 Å². The Hall–Kier alpha value is -4.00. The van der Waals surface area contributed by atoms with Crippen molar-refractivity contribution in [2.75, 3.05) is 11.5 Å². The third-order valence-electron chi connectivity index (χ3n) is 5.15. The molecule has 1 fully saturated rings. The van der Waals surface area contributed by atoms with Crippen molar-refractivity contribution in [1.82, 2.24) is 0 Å². The smallest absolute Gasteiger partial charge is 0.338 e. The summed E-state index contributed by atoms with van der Waals surface area (Å²) in [5, 5.41) is 0. The van der Waals surface area contributed by atoms with E-state index in [0.29, 0.717) is 16.8 Å². The lowest BCUT2D eigenvalue weighted by Gasteiger charge is -2.27. The van der Waals surface area contributed by atoms with Gasteiger partial charge in [-0.15, -0.1) is 0 Å². The first-order valence-electron chi connectivity index (χ1n) is 9.80. The third-order valence-corrected chi connectivity index (χ3v) is 5.15. The number of hydrogen-bond acceptors (Lipinski definition) is 6. The number of esters is 1. The molecule has 31 heavy (non-hydrogen) atoms. The molecule has 2 aromatic carbocycles. The molecule has 2 unspecified atom stereocenters. The molecule has 0 N–H and O–H groups in total. The van der Waals surface area contributed by atoms with Crippen LogP contribution in [-0.4, -0.2) is 30.0 Å². The molecule has 0 spiro atoms. The number of ketones is 2. The lowest BCUT2D eigenvalue weighted by molar-refractivity contribution is -0.135. The summed E-state index contributed by atoms with van der Waals surface area (Å²) < 4.78 is 10.2. The molecule has 0 bridgehead atoms. The van der Waals surface area contributed by atoms with Crippen molar-refractivity contribution in [3.05, 3.63) is 89.9 Å². The highest BCUT2D eigenvalue weighted by Gasteiger charge is 2.52. The van der Waals surface area contributed by atoms with Gasteiger partial charge in [0, 0.05) is 5.69 Å². The minimum atomic E-state index is -1.24. The van der Waals surface area contributed by atoms with Crippen molar-refractivity contribution in [2.24, 2.45) is 5.92 Å². The standard InChI is InChI=1S/C24H19NO6/c1-2-30-24(29)16-10-12-17(13-11-16)25-20(15-7-4-3-5-8-15)19(22(27)23(25)28)21(26)18-9-6-14-31-18/h3-14,19-20H,2H2,1H3. The highest BCUT2D eigenvalue weighted by Crippen LogP contribution is 2.41. The van der Waals surface area contributed by atoms with Gasteiger partial charge in [0.25, 0.3) is 5.91 Å². The molecular weight excluding hydrogens is 398 g/mol. The predicted molar refractivity (Wildman–Crippen MR) is 111 cm³/mol. The summed E-state index contributed by atoms with van der Waals surface area (Å²) in [4.78, 5) is 52.3. The molecule has 7 heteroatoms. The number of carbonyl (C=O) groups is 4. The van der Waals surface area contributed by atoms with E-state index >= 15 is 0 Å². The largest absolute Gasteiger partial charge is 0.462 e. The molecule has 7 nitrogen and oxygen atoms in total. The Labute approximate surface area is 178 Å². The second-order valence-electron chi connectivity index (χ2n) is 6.98. The second kappa shape index (κ2) is 8.39. The van der Waals surface area contributed by atoms with Crippen molar-refractivity contribution in [2.45, 2.75) is 13.0 Å². The van der Waals surface area contributed by atoms with E-state index in [-0.39, 0.29) is 12.4 Å². The number of benzene rings is 2. The van der Waals surface area contributed by atoms with Gasteiger partial charge in [0.1, 0.15) is 5.92 Å². The Balaban J connectivity index is 1.77. The van der Waals surface area contributed by atoms with Crippen molar-refractivity contribution >= 4 is 29.1 Å². The molecule has 0 saturated carbocycles. The lowest BCUT2D eigenvalue weighted by atomic mass is 9.88. The Bertz CT molecular complexity index is 1120. The zero-order valence-electron chi connectivity index (χ0n) is 16.7. The van der Waals surface area contributed by atoms with Crippen LogP contribution in [0.3, 0.4) is 0 Å². The summed E-state index contributed by atoms with van der Waals surface area (Å²) in [6, 6.07) is 17.2. The predicted octanol–water partition coefficient (Wildman–Crippen LogP) is 3.61. The van der Waals surface area contributed by atoms with Gasteiger partial charge in [-0.1, -0.05) is 30.3 Å². The monoisotopic (exact) mass is 417 g/mol. The van der Waals surface area contributed by atoms with E-state index in [0.717, 1.165) is 0 Å². The zero-order chi connectivity index (χ0) is 22.0. The van der Waals surface area contributed by atoms with E-state index in [1.54, 1.807) is 49.4 Å². The van der Waals surface area contributed by atoms with Gasteiger partial charge in [-0.3, -0.25) is 19.3 Å². The number of amides is 1. The Morgan fingerprint density at radius 2 is 1.68 bits per heavy atom. The number of rotatable bonds is 6. The molecule has 1 aromatic heterocycles. The van der Waals surface area contributed by atoms with Gasteiger partial charge < -0.3 is 9.15 Å². The zero-order valence-corrected chi connectivity index (χ0v) is 16.7. The summed E-state index contributed by atoms with van der Waals surface area (Å²) in [5.74, 6) is -3.85. The van der Waals surface area contributed by atoms with Gasteiger partial charge >= 0.3 is 5.97 Å². The van der Waals surface area contributed by atoms with Crippen LogP contribution in [-0.2, 0) is 14.3 Å². The molecule has 1 amide bonds. The first kappa shape index (κ1) is 20.3. The van der Waals surface area contributed by atoms with Crippen molar-refractivity contribution in [3.63, 3.8) is 0 Å². The van der Waals surface area contributed by atoms with Gasteiger partial charge in [0.05, 0.1) is 24.5 Å². The minimum Gasteiger partial charge on any atom is -0.462 e. The normalized spacial score (nSPS) is 18.3. The van der Waals surface area contributed by atoms with Gasteiger partial charge in [0.2, 0.25) is 11.6 Å². The maximum Gasteiger partial charge on any atom is 0.338 e. The summed E-state index contributed by atoms with van der Waals surface area (Å²) in [6.07, 6.45) is 1.35. The average Bonchev–Trinajstić information content (AvgIpc) is 3.42. The maximum absolute atomic E-state index is 13.1. The SMILES string of the molecule is CCOC(=O)c1ccc(N2C(=O)C(=O)C(C(=O)c3ccco3)C2c2ccccc2)cc1. The van der Waals surface area contributed by atoms with Gasteiger partial charge in [-0.2, -0.15) is 0 Å². The first-order valence-corrected chi connectivity index (χ1v) is 9.80. The number of ether oxygens (including phenoxy) is 1. The molecular formula is C24H19NO6. The second-order valence-corrected chi connectivity index (χ2v) is 6.98. The molecule has 0 aliphatic carbocycles. The summed E-state index contributed by atoms with van der Waals surface area (Å²) in [5.41, 5.74) is 1.36. The number of nitrogens with zero attached hydrogens (tertiary/aromatic N) is 1. The van der Waals surface area contributed by atoms with Gasteiger partial charge in [-0.05, 0) is 48.9 Å². The topological polar surface area (TPSA) is 93.9 Å². The average molecular weight is 417 g/mol. The van der Waals surface area contributed by atoms with E-state index in [2.05, 4.69) is 0 Å². The van der Waals surface area contributed by atoms with E-state index in [1.807, 2.05) is 6.07 Å². The van der Waals surface area contributed by atoms with Crippen LogP contribution >= 0.6 is 0 Å². The number of Topliss-reactive ketones (excluding diaryl/α,β-unsaturated/α-hetero) is 2. The fourth-order valence-corrected chi connectivity index (χ4v) is 3.75. The van der Waals surface area contributed by atoms with E-state index in [4.69, 9.17) is 9.15 Å². The highest BCUT2D eigenvalue weighted by molar-refractivity contribution is 6.48. The summed E-state index contributed by atoms with van der Waals surface area (Å²) >= 11 is 0. The van der Waals surface area contributed by atoms with Crippen LogP contribution in [0.1, 0.15) is 39.4 Å². The van der Waals surface area contributed by atoms with Gasteiger partial charge in [0.15, 0.2) is 5.76 Å². The number of carbonyl (C=O) groups excluding carboxylic acids is 4. The molecule has 156 valence electrons. The third kappa shape index (κ3) is 3.66. The van der Waals surface area contributed by atoms with Crippen LogP contribution in [0.5, 0.6) is 0 Å². The van der Waals surface area contributed by atoms with Crippen LogP contribution in [0, 0.1) is 5.92 Å². The molecule has 1 aliphatic rings. The van der Waals surface area contributed by atoms with E-state index < -0.39 is 35.4 Å². The first-order chi connectivity index (χ1) is 15.0. The molecule has 2 atom stereocenters. The Morgan fingerprint density at radius 3 is 2.29 bits per heavy atom. The number of furan rings is 1. The molecule has 1 saturated heterocycles. The summed E-state index contributed by atoms with van der Waals surface area (Å²) in [6.45, 7) is 1.95.